The highest BCUT2D eigenvalue weighted by Gasteiger charge is 2.30. The molecule has 2 aromatic heterocycles. The van der Waals surface area contributed by atoms with Crippen LogP contribution in [0.4, 0.5) is 8.78 Å². The van der Waals surface area contributed by atoms with Gasteiger partial charge >= 0.3 is 0 Å². The molecule has 0 atom stereocenters. The number of carbonyl (C=O) groups is 1. The van der Waals surface area contributed by atoms with Gasteiger partial charge in [-0.05, 0) is 34.8 Å². The maximum Gasteiger partial charge on any atom is 0.282 e. The average molecular weight is 388 g/mol. The van der Waals surface area contributed by atoms with Crippen molar-refractivity contribution in [2.45, 2.75) is 38.3 Å². The quantitative estimate of drug-likeness (QED) is 0.827. The molecule has 0 bridgehead atoms. The van der Waals surface area contributed by atoms with Crippen molar-refractivity contribution in [2.75, 3.05) is 0 Å². The van der Waals surface area contributed by atoms with E-state index >= 15 is 0 Å². The Hall–Kier alpha value is -1.77. The van der Waals surface area contributed by atoms with Gasteiger partial charge in [0.1, 0.15) is 12.2 Å². The second-order valence-electron chi connectivity index (χ2n) is 5.57. The molecule has 0 aromatic carbocycles. The van der Waals surface area contributed by atoms with E-state index in [4.69, 9.17) is 0 Å². The van der Waals surface area contributed by atoms with Gasteiger partial charge in [-0.3, -0.25) is 14.2 Å². The van der Waals surface area contributed by atoms with E-state index in [1.807, 2.05) is 0 Å². The molecule has 2 heterocycles. The minimum absolute atomic E-state index is 0.0615. The lowest BCUT2D eigenvalue weighted by Crippen LogP contribution is -2.29. The Bertz CT molecular complexity index is 703. The van der Waals surface area contributed by atoms with E-state index in [-0.39, 0.29) is 24.1 Å². The van der Waals surface area contributed by atoms with E-state index in [1.54, 1.807) is 17.9 Å². The number of hydrogen-bond acceptors (Lipinski definition) is 3. The van der Waals surface area contributed by atoms with Crippen LogP contribution < -0.4 is 5.32 Å². The number of alkyl halides is 2. The number of rotatable bonds is 6. The Morgan fingerprint density at radius 2 is 2.26 bits per heavy atom. The predicted molar refractivity (Wildman–Crippen MR) is 81.9 cm³/mol. The molecule has 124 valence electrons. The molecule has 1 N–H and O–H groups in total. The van der Waals surface area contributed by atoms with Gasteiger partial charge in [-0.25, -0.2) is 8.78 Å². The predicted octanol–water partition coefficient (Wildman–Crippen LogP) is 2.51. The van der Waals surface area contributed by atoms with Gasteiger partial charge in [-0.2, -0.15) is 10.2 Å². The molecule has 1 amide bonds. The second-order valence-corrected chi connectivity index (χ2v) is 6.42. The van der Waals surface area contributed by atoms with Crippen LogP contribution >= 0.6 is 15.9 Å². The van der Waals surface area contributed by atoms with Gasteiger partial charge in [-0.15, -0.1) is 0 Å². The molecule has 9 heteroatoms. The summed E-state index contributed by atoms with van der Waals surface area (Å²) in [6.45, 7) is 0.242. The van der Waals surface area contributed by atoms with Gasteiger partial charge < -0.3 is 5.32 Å². The Morgan fingerprint density at radius 3 is 2.83 bits per heavy atom. The third-order valence-electron chi connectivity index (χ3n) is 3.81. The van der Waals surface area contributed by atoms with Crippen LogP contribution in [0.5, 0.6) is 0 Å². The highest BCUT2D eigenvalue weighted by atomic mass is 79.9. The fourth-order valence-corrected chi connectivity index (χ4v) is 2.89. The lowest BCUT2D eigenvalue weighted by Gasteiger charge is -2.09. The molecule has 0 radical (unpaired) electrons. The molecule has 1 saturated carbocycles. The monoisotopic (exact) mass is 387 g/mol. The summed E-state index contributed by atoms with van der Waals surface area (Å²) in [4.78, 5) is 12.1. The van der Waals surface area contributed by atoms with Crippen molar-refractivity contribution >= 4 is 21.8 Å². The van der Waals surface area contributed by atoms with Crippen molar-refractivity contribution in [1.82, 2.24) is 24.9 Å². The molecule has 1 fully saturated rings. The van der Waals surface area contributed by atoms with Gasteiger partial charge in [0.2, 0.25) is 5.91 Å². The first-order valence-corrected chi connectivity index (χ1v) is 8.04. The first-order valence-electron chi connectivity index (χ1n) is 7.24. The first-order chi connectivity index (χ1) is 11.0. The SMILES string of the molecule is Cn1ncc(Br)c1CNC(=O)Cn1nc(C(F)F)cc1C1CC1. The lowest BCUT2D eigenvalue weighted by atomic mass is 10.2. The highest BCUT2D eigenvalue weighted by Crippen LogP contribution is 2.41. The standard InChI is InChI=1S/C14H16BrF2N5O/c1-21-12(9(15)5-19-21)6-18-13(23)7-22-11(8-2-3-8)4-10(20-22)14(16)17/h4-5,8,14H,2-3,6-7H2,1H3,(H,18,23). The molecule has 1 aliphatic rings. The number of aryl methyl sites for hydroxylation is 1. The smallest absolute Gasteiger partial charge is 0.282 e. The second kappa shape index (κ2) is 6.38. The lowest BCUT2D eigenvalue weighted by molar-refractivity contribution is -0.122. The van der Waals surface area contributed by atoms with Crippen molar-refractivity contribution in [1.29, 1.82) is 0 Å². The molecule has 0 aliphatic heterocycles. The van der Waals surface area contributed by atoms with Crippen LogP contribution in [-0.4, -0.2) is 25.5 Å². The van der Waals surface area contributed by atoms with Crippen LogP contribution in [0.3, 0.4) is 0 Å². The van der Waals surface area contributed by atoms with Gasteiger partial charge in [0.05, 0.1) is 22.9 Å². The molecule has 1 aliphatic carbocycles. The van der Waals surface area contributed by atoms with E-state index < -0.39 is 6.43 Å². The molecule has 0 unspecified atom stereocenters. The highest BCUT2D eigenvalue weighted by molar-refractivity contribution is 9.10. The third-order valence-corrected chi connectivity index (χ3v) is 4.47. The van der Waals surface area contributed by atoms with E-state index in [0.29, 0.717) is 6.54 Å². The summed E-state index contributed by atoms with van der Waals surface area (Å²) in [5, 5.41) is 10.7. The fourth-order valence-electron chi connectivity index (χ4n) is 2.40. The maximum atomic E-state index is 12.8. The first kappa shape index (κ1) is 16.1. The third kappa shape index (κ3) is 3.60. The van der Waals surface area contributed by atoms with Gasteiger partial charge in [0, 0.05) is 18.7 Å². The molecule has 2 aromatic rings. The van der Waals surface area contributed by atoms with E-state index in [9.17, 15) is 13.6 Å². The number of aromatic nitrogens is 4. The van der Waals surface area contributed by atoms with Gasteiger partial charge in [-0.1, -0.05) is 0 Å². The Balaban J connectivity index is 1.66. The molecule has 0 spiro atoms. The summed E-state index contributed by atoms with van der Waals surface area (Å²) in [5.41, 5.74) is 1.28. The topological polar surface area (TPSA) is 64.7 Å². The van der Waals surface area contributed by atoms with Crippen LogP contribution in [0, 0.1) is 0 Å². The average Bonchev–Trinajstić information content (AvgIpc) is 3.18. The van der Waals surface area contributed by atoms with E-state index in [0.717, 1.165) is 28.7 Å². The van der Waals surface area contributed by atoms with Crippen molar-refractivity contribution in [2.24, 2.45) is 7.05 Å². The summed E-state index contributed by atoms with van der Waals surface area (Å²) < 4.78 is 29.5. The molecular formula is C14H16BrF2N5O. The van der Waals surface area contributed by atoms with Crippen molar-refractivity contribution in [3.8, 4) is 0 Å². The summed E-state index contributed by atoms with van der Waals surface area (Å²) in [6, 6.07) is 1.41. The Morgan fingerprint density at radius 1 is 1.52 bits per heavy atom. The zero-order valence-corrected chi connectivity index (χ0v) is 14.1. The van der Waals surface area contributed by atoms with E-state index in [2.05, 4.69) is 31.4 Å². The van der Waals surface area contributed by atoms with Crippen molar-refractivity contribution < 1.29 is 13.6 Å². The number of amides is 1. The molecule has 3 rings (SSSR count). The number of carbonyl (C=O) groups excluding carboxylic acids is 1. The number of halogens is 3. The van der Waals surface area contributed by atoms with Crippen LogP contribution in [-0.2, 0) is 24.9 Å². The summed E-state index contributed by atoms with van der Waals surface area (Å²) in [7, 11) is 1.78. The summed E-state index contributed by atoms with van der Waals surface area (Å²) >= 11 is 3.36. The largest absolute Gasteiger partial charge is 0.349 e. The van der Waals surface area contributed by atoms with Crippen molar-refractivity contribution in [3.05, 3.63) is 33.8 Å². The fraction of sp³-hybridized carbons (Fsp3) is 0.500. The number of hydrogen-bond donors (Lipinski definition) is 1. The molecular weight excluding hydrogens is 372 g/mol. The minimum Gasteiger partial charge on any atom is -0.349 e. The van der Waals surface area contributed by atoms with Crippen LogP contribution in [0.2, 0.25) is 0 Å². The molecule has 23 heavy (non-hydrogen) atoms. The van der Waals surface area contributed by atoms with Gasteiger partial charge in [0.25, 0.3) is 6.43 Å². The van der Waals surface area contributed by atoms with E-state index in [1.165, 1.54) is 10.7 Å². The van der Waals surface area contributed by atoms with Crippen LogP contribution in [0.15, 0.2) is 16.7 Å². The zero-order chi connectivity index (χ0) is 16.6. The number of nitrogens with one attached hydrogen (secondary N) is 1. The van der Waals surface area contributed by atoms with Gasteiger partial charge in [0.15, 0.2) is 0 Å². The van der Waals surface area contributed by atoms with Crippen LogP contribution in [0.1, 0.15) is 42.3 Å². The zero-order valence-electron chi connectivity index (χ0n) is 12.5. The van der Waals surface area contributed by atoms with Crippen LogP contribution in [0.25, 0.3) is 0 Å². The summed E-state index contributed by atoms with van der Waals surface area (Å²) in [6.07, 6.45) is 0.938. The number of nitrogens with zero attached hydrogens (tertiary/aromatic N) is 4. The minimum atomic E-state index is -2.62. The maximum absolute atomic E-state index is 12.8. The molecule has 6 nitrogen and oxygen atoms in total. The normalized spacial score (nSPS) is 14.5. The molecule has 0 saturated heterocycles. The van der Waals surface area contributed by atoms with Crippen molar-refractivity contribution in [3.63, 3.8) is 0 Å². The summed E-state index contributed by atoms with van der Waals surface area (Å²) in [5.74, 6) is -0.0297. The Labute approximate surface area is 140 Å². The Kier molecular flexibility index (Phi) is 4.47.